The first-order chi connectivity index (χ1) is 28.6. The Morgan fingerprint density at radius 1 is 0.466 bits per heavy atom. The van der Waals surface area contributed by atoms with E-state index in [1.165, 1.54) is 43.9 Å². The van der Waals surface area contributed by atoms with Gasteiger partial charge in [0, 0.05) is 39.4 Å². The molecular formula is C55H43N3. The molecule has 2 unspecified atom stereocenters. The Bertz CT molecular complexity index is 3010. The van der Waals surface area contributed by atoms with Crippen molar-refractivity contribution in [1.82, 2.24) is 4.57 Å². The van der Waals surface area contributed by atoms with Gasteiger partial charge in [-0.1, -0.05) is 153 Å². The fourth-order valence-corrected chi connectivity index (χ4v) is 9.96. The van der Waals surface area contributed by atoms with Crippen LogP contribution >= 0.6 is 0 Å². The molecule has 0 radical (unpaired) electrons. The van der Waals surface area contributed by atoms with Gasteiger partial charge in [-0.15, -0.1) is 0 Å². The second-order valence-electron chi connectivity index (χ2n) is 16.2. The minimum absolute atomic E-state index is 0.0192. The lowest BCUT2D eigenvalue weighted by atomic mass is 9.74. The van der Waals surface area contributed by atoms with E-state index in [2.05, 4.69) is 241 Å². The highest BCUT2D eigenvalue weighted by atomic mass is 15.2. The molecule has 0 aliphatic heterocycles. The average molecular weight is 746 g/mol. The SMILES string of the molecule is CC1(C)c2cccc(N(c3ccccc3)c3cc(N(c4ccccc4)c4ccccc4)c4c5ccccc5n(-c5ccc6ccccc6c5)c4c3)c2C2C=CC=CC21. The summed E-state index contributed by atoms with van der Waals surface area (Å²) in [6.07, 6.45) is 9.31. The molecule has 0 N–H and O–H groups in total. The number of para-hydroxylation sites is 4. The number of fused-ring (bicyclic) bond motifs is 7. The molecule has 11 rings (SSSR count). The van der Waals surface area contributed by atoms with E-state index in [-0.39, 0.29) is 11.3 Å². The van der Waals surface area contributed by atoms with Crippen molar-refractivity contribution >= 4 is 66.7 Å². The zero-order chi connectivity index (χ0) is 38.8. The molecule has 3 heteroatoms. The Balaban J connectivity index is 1.28. The summed E-state index contributed by atoms with van der Waals surface area (Å²) in [7, 11) is 0. The zero-order valence-electron chi connectivity index (χ0n) is 32.7. The van der Waals surface area contributed by atoms with Crippen LogP contribution < -0.4 is 9.80 Å². The van der Waals surface area contributed by atoms with Gasteiger partial charge < -0.3 is 14.4 Å². The number of hydrogen-bond donors (Lipinski definition) is 0. The van der Waals surface area contributed by atoms with E-state index < -0.39 is 0 Å². The van der Waals surface area contributed by atoms with Crippen LogP contribution in [0.15, 0.2) is 212 Å². The van der Waals surface area contributed by atoms with Gasteiger partial charge in [0.1, 0.15) is 0 Å². The van der Waals surface area contributed by atoms with Crippen LogP contribution in [0.2, 0.25) is 0 Å². The maximum Gasteiger partial charge on any atom is 0.0583 e. The number of anilines is 6. The number of hydrogen-bond acceptors (Lipinski definition) is 2. The van der Waals surface area contributed by atoms with Gasteiger partial charge in [-0.05, 0) is 106 Å². The van der Waals surface area contributed by atoms with Crippen molar-refractivity contribution in [3.63, 3.8) is 0 Å². The third kappa shape index (κ3) is 5.34. The predicted molar refractivity (Wildman–Crippen MR) is 245 cm³/mol. The van der Waals surface area contributed by atoms with Gasteiger partial charge in [0.25, 0.3) is 0 Å². The molecule has 9 aromatic rings. The Morgan fingerprint density at radius 3 is 1.78 bits per heavy atom. The molecule has 2 aliphatic rings. The van der Waals surface area contributed by atoms with E-state index in [4.69, 9.17) is 0 Å². The second kappa shape index (κ2) is 13.5. The molecular weight excluding hydrogens is 703 g/mol. The third-order valence-corrected chi connectivity index (χ3v) is 12.6. The van der Waals surface area contributed by atoms with Crippen molar-refractivity contribution in [1.29, 1.82) is 0 Å². The van der Waals surface area contributed by atoms with Crippen molar-refractivity contribution in [2.75, 3.05) is 9.80 Å². The molecule has 2 aliphatic carbocycles. The zero-order valence-corrected chi connectivity index (χ0v) is 32.7. The third-order valence-electron chi connectivity index (χ3n) is 12.6. The Labute approximate surface area is 340 Å². The van der Waals surface area contributed by atoms with Gasteiger partial charge >= 0.3 is 0 Å². The first kappa shape index (κ1) is 34.2. The quantitative estimate of drug-likeness (QED) is 0.161. The van der Waals surface area contributed by atoms with Crippen molar-refractivity contribution < 1.29 is 0 Å². The van der Waals surface area contributed by atoms with Gasteiger partial charge in [-0.3, -0.25) is 0 Å². The summed E-state index contributed by atoms with van der Waals surface area (Å²) in [6.45, 7) is 4.83. The van der Waals surface area contributed by atoms with Crippen LogP contribution in [-0.2, 0) is 5.41 Å². The molecule has 8 aromatic carbocycles. The molecule has 0 saturated carbocycles. The number of rotatable bonds is 7. The molecule has 2 atom stereocenters. The molecule has 0 amide bonds. The summed E-state index contributed by atoms with van der Waals surface area (Å²) in [6, 6.07) is 68.8. The van der Waals surface area contributed by atoms with Crippen LogP contribution in [0.5, 0.6) is 0 Å². The van der Waals surface area contributed by atoms with E-state index in [0.717, 1.165) is 39.6 Å². The molecule has 1 heterocycles. The molecule has 0 saturated heterocycles. The topological polar surface area (TPSA) is 11.4 Å². The fraction of sp³-hybridized carbons (Fsp3) is 0.0909. The Morgan fingerprint density at radius 2 is 1.07 bits per heavy atom. The molecule has 3 nitrogen and oxygen atoms in total. The monoisotopic (exact) mass is 745 g/mol. The smallest absolute Gasteiger partial charge is 0.0583 e. The Hall–Kier alpha value is -7.10. The van der Waals surface area contributed by atoms with E-state index in [1.807, 2.05) is 0 Å². The number of allylic oxidation sites excluding steroid dienone is 4. The highest BCUT2D eigenvalue weighted by molar-refractivity contribution is 6.18. The van der Waals surface area contributed by atoms with Crippen LogP contribution in [0, 0.1) is 5.92 Å². The summed E-state index contributed by atoms with van der Waals surface area (Å²) in [5, 5.41) is 4.86. The van der Waals surface area contributed by atoms with E-state index in [9.17, 15) is 0 Å². The fourth-order valence-electron chi connectivity index (χ4n) is 9.96. The summed E-state index contributed by atoms with van der Waals surface area (Å²) >= 11 is 0. The maximum absolute atomic E-state index is 2.52. The van der Waals surface area contributed by atoms with Gasteiger partial charge in [-0.2, -0.15) is 0 Å². The van der Waals surface area contributed by atoms with Crippen LogP contribution in [0.3, 0.4) is 0 Å². The summed E-state index contributed by atoms with van der Waals surface area (Å²) in [4.78, 5) is 4.96. The van der Waals surface area contributed by atoms with Crippen molar-refractivity contribution in [2.24, 2.45) is 5.92 Å². The standard InChI is InChI=1S/C55H43N3/c1-55(2)47-29-16-14-27-45(47)53-48(55)30-18-32-50(53)57(42-25-10-5-11-26-42)44-36-51(56(40-21-6-3-7-22-40)41-23-8-4-9-24-41)54-46-28-15-17-31-49(46)58(52(54)37-44)43-34-33-38-19-12-13-20-39(38)35-43/h3-37,45,47H,1-2H3. The van der Waals surface area contributed by atoms with Gasteiger partial charge in [0.2, 0.25) is 0 Å². The normalized spacial score (nSPS) is 16.4. The van der Waals surface area contributed by atoms with Crippen LogP contribution in [0.25, 0.3) is 38.3 Å². The number of nitrogens with zero attached hydrogens (tertiary/aromatic N) is 3. The summed E-state index contributed by atoms with van der Waals surface area (Å²) < 4.78 is 2.48. The molecule has 278 valence electrons. The molecule has 0 fully saturated rings. The van der Waals surface area contributed by atoms with E-state index >= 15 is 0 Å². The first-order valence-corrected chi connectivity index (χ1v) is 20.4. The summed E-state index contributed by atoms with van der Waals surface area (Å²) in [5.74, 6) is 0.654. The van der Waals surface area contributed by atoms with Crippen LogP contribution in [0.1, 0.15) is 30.9 Å². The first-order valence-electron chi connectivity index (χ1n) is 20.4. The second-order valence-corrected chi connectivity index (χ2v) is 16.2. The van der Waals surface area contributed by atoms with E-state index in [1.54, 1.807) is 0 Å². The minimum Gasteiger partial charge on any atom is -0.310 e. The van der Waals surface area contributed by atoms with Gasteiger partial charge in [-0.25, -0.2) is 0 Å². The summed E-state index contributed by atoms with van der Waals surface area (Å²) in [5.41, 5.74) is 13.0. The van der Waals surface area contributed by atoms with Crippen LogP contribution in [-0.4, -0.2) is 4.57 Å². The average Bonchev–Trinajstić information content (AvgIpc) is 3.73. The van der Waals surface area contributed by atoms with Crippen molar-refractivity contribution in [3.8, 4) is 5.69 Å². The molecule has 0 bridgehead atoms. The molecule has 58 heavy (non-hydrogen) atoms. The lowest BCUT2D eigenvalue weighted by Gasteiger charge is -2.32. The van der Waals surface area contributed by atoms with Gasteiger partial charge in [0.15, 0.2) is 0 Å². The van der Waals surface area contributed by atoms with Crippen LogP contribution in [0.4, 0.5) is 34.1 Å². The Kier molecular flexibility index (Phi) is 7.97. The highest BCUT2D eigenvalue weighted by Gasteiger charge is 2.46. The van der Waals surface area contributed by atoms with Gasteiger partial charge in [0.05, 0.1) is 28.1 Å². The lowest BCUT2D eigenvalue weighted by molar-refractivity contribution is 0.394. The minimum atomic E-state index is -0.0192. The lowest BCUT2D eigenvalue weighted by Crippen LogP contribution is -2.24. The van der Waals surface area contributed by atoms with Crippen molar-refractivity contribution in [3.05, 3.63) is 223 Å². The highest BCUT2D eigenvalue weighted by Crippen LogP contribution is 2.57. The molecule has 0 spiro atoms. The number of aromatic nitrogens is 1. The van der Waals surface area contributed by atoms with E-state index in [0.29, 0.717) is 5.92 Å². The predicted octanol–water partition coefficient (Wildman–Crippen LogP) is 15.0. The van der Waals surface area contributed by atoms with Crippen molar-refractivity contribution in [2.45, 2.75) is 25.2 Å². The largest absolute Gasteiger partial charge is 0.310 e. The molecule has 1 aromatic heterocycles. The maximum atomic E-state index is 2.52. The number of benzene rings is 8.